The van der Waals surface area contributed by atoms with E-state index in [1.807, 2.05) is 0 Å². The molecule has 0 aromatic carbocycles. The highest BCUT2D eigenvalue weighted by atomic mass is 16.5. The maximum Gasteiger partial charge on any atom is 0.316 e. The van der Waals surface area contributed by atoms with E-state index in [1.54, 1.807) is 0 Å². The molecule has 9 N–H and O–H groups in total. The van der Waals surface area contributed by atoms with E-state index in [1.165, 1.54) is 6.92 Å². The lowest BCUT2D eigenvalue weighted by Crippen LogP contribution is -2.47. The van der Waals surface area contributed by atoms with Crippen LogP contribution >= 0.6 is 0 Å². The normalized spacial score (nSPS) is 14.2. The number of primary amides is 1. The minimum atomic E-state index is -1.01. The third kappa shape index (κ3) is 7.68. The number of aliphatic hydroxyl groups excluding tert-OH is 1. The number of nitrogens with one attached hydrogen (secondary N) is 2. The van der Waals surface area contributed by atoms with Crippen LogP contribution in [-0.4, -0.2) is 52.2 Å². The molecule has 3 atom stereocenters. The molecular weight excluding hydrogens is 358 g/mol. The standard InChI is InChI=1S/C15H27N7O5/c1-8(24)10(4-2-3-5-16)19-15(26)20-11(6-12(18)25)14-21-13(22-27-14)9(17)7-23/h9-11,23H,2-7,16-17H2,1H3,(H2,18,25)(H2,19,20,26)/t9-,10-,11-/m0/s1. The molecule has 0 unspecified atom stereocenters. The van der Waals surface area contributed by atoms with Crippen LogP contribution in [-0.2, 0) is 9.59 Å². The average molecular weight is 385 g/mol. The van der Waals surface area contributed by atoms with Crippen molar-refractivity contribution in [2.75, 3.05) is 13.2 Å². The van der Waals surface area contributed by atoms with Crippen molar-refractivity contribution in [3.05, 3.63) is 11.7 Å². The van der Waals surface area contributed by atoms with Crippen LogP contribution in [0.4, 0.5) is 4.79 Å². The van der Waals surface area contributed by atoms with E-state index in [-0.39, 0.29) is 23.9 Å². The molecule has 1 aromatic rings. The summed E-state index contributed by atoms with van der Waals surface area (Å²) in [5.41, 5.74) is 16.2. The van der Waals surface area contributed by atoms with Gasteiger partial charge in [-0.2, -0.15) is 4.98 Å². The molecule has 1 rings (SSSR count). The SMILES string of the molecule is CC(=O)[C@H](CCCCN)NC(=O)N[C@@H](CC(N)=O)c1nc([C@@H](N)CO)no1. The van der Waals surface area contributed by atoms with Crippen molar-refractivity contribution in [3.63, 3.8) is 0 Å². The molecule has 1 aromatic heterocycles. The lowest BCUT2D eigenvalue weighted by molar-refractivity contribution is -0.119. The minimum Gasteiger partial charge on any atom is -0.394 e. The summed E-state index contributed by atoms with van der Waals surface area (Å²) in [6.07, 6.45) is 1.54. The second kappa shape index (κ2) is 11.2. The fraction of sp³-hybridized carbons (Fsp3) is 0.667. The molecule has 0 spiro atoms. The molecule has 152 valence electrons. The monoisotopic (exact) mass is 385 g/mol. The van der Waals surface area contributed by atoms with E-state index in [4.69, 9.17) is 26.8 Å². The Morgan fingerprint density at radius 2 is 1.96 bits per heavy atom. The van der Waals surface area contributed by atoms with Gasteiger partial charge in [-0.05, 0) is 32.7 Å². The predicted molar refractivity (Wildman–Crippen MR) is 93.9 cm³/mol. The fourth-order valence-corrected chi connectivity index (χ4v) is 2.25. The number of amides is 3. The third-order valence-electron chi connectivity index (χ3n) is 3.74. The van der Waals surface area contributed by atoms with Crippen LogP contribution in [0.1, 0.15) is 56.4 Å². The van der Waals surface area contributed by atoms with Gasteiger partial charge in [-0.15, -0.1) is 0 Å². The van der Waals surface area contributed by atoms with Gasteiger partial charge in [0.1, 0.15) is 6.04 Å². The van der Waals surface area contributed by atoms with Crippen LogP contribution in [0.15, 0.2) is 4.52 Å². The second-order valence-corrected chi connectivity index (χ2v) is 6.07. The van der Waals surface area contributed by atoms with Crippen molar-refractivity contribution in [1.29, 1.82) is 0 Å². The van der Waals surface area contributed by atoms with E-state index >= 15 is 0 Å². The third-order valence-corrected chi connectivity index (χ3v) is 3.74. The quantitative estimate of drug-likeness (QED) is 0.227. The van der Waals surface area contributed by atoms with Crippen LogP contribution in [0.3, 0.4) is 0 Å². The Hall–Kier alpha value is -2.57. The first-order valence-corrected chi connectivity index (χ1v) is 8.54. The van der Waals surface area contributed by atoms with Gasteiger partial charge in [0.05, 0.1) is 25.1 Å². The summed E-state index contributed by atoms with van der Waals surface area (Å²) in [6, 6.07) is -3.26. The molecule has 12 nitrogen and oxygen atoms in total. The van der Waals surface area contributed by atoms with Crippen LogP contribution in [0.5, 0.6) is 0 Å². The number of carbonyl (C=O) groups excluding carboxylic acids is 3. The number of hydrogen-bond acceptors (Lipinski definition) is 9. The minimum absolute atomic E-state index is 0.0209. The molecule has 12 heteroatoms. The summed E-state index contributed by atoms with van der Waals surface area (Å²) in [6.45, 7) is 1.46. The molecule has 3 amide bonds. The number of nitrogens with two attached hydrogens (primary N) is 3. The van der Waals surface area contributed by atoms with Crippen LogP contribution in [0, 0.1) is 0 Å². The number of aromatic nitrogens is 2. The topological polar surface area (TPSA) is 212 Å². The van der Waals surface area contributed by atoms with Gasteiger partial charge in [-0.1, -0.05) is 5.16 Å². The van der Waals surface area contributed by atoms with Gasteiger partial charge in [0.2, 0.25) is 11.8 Å². The second-order valence-electron chi connectivity index (χ2n) is 6.07. The van der Waals surface area contributed by atoms with Gasteiger partial charge in [-0.25, -0.2) is 4.79 Å². The molecule has 0 aliphatic rings. The largest absolute Gasteiger partial charge is 0.394 e. The van der Waals surface area contributed by atoms with Gasteiger partial charge in [0.25, 0.3) is 0 Å². The molecular formula is C15H27N7O5. The predicted octanol–water partition coefficient (Wildman–Crippen LogP) is -1.64. The van der Waals surface area contributed by atoms with Gasteiger partial charge in [0, 0.05) is 0 Å². The Bertz CT molecular complexity index is 636. The Balaban J connectivity index is 2.80. The molecule has 0 bridgehead atoms. The van der Waals surface area contributed by atoms with Gasteiger partial charge in [0.15, 0.2) is 11.6 Å². The highest BCUT2D eigenvalue weighted by molar-refractivity contribution is 5.87. The zero-order chi connectivity index (χ0) is 20.4. The van der Waals surface area contributed by atoms with Crippen molar-refractivity contribution in [2.45, 2.75) is 50.7 Å². The van der Waals surface area contributed by atoms with E-state index in [9.17, 15) is 14.4 Å². The highest BCUT2D eigenvalue weighted by Crippen LogP contribution is 2.16. The van der Waals surface area contributed by atoms with E-state index < -0.39 is 36.7 Å². The number of unbranched alkanes of at least 4 members (excludes halogenated alkanes) is 1. The Labute approximate surface area is 156 Å². The number of carbonyl (C=O) groups is 3. The smallest absolute Gasteiger partial charge is 0.316 e. The zero-order valence-electron chi connectivity index (χ0n) is 15.2. The zero-order valence-corrected chi connectivity index (χ0v) is 15.2. The van der Waals surface area contributed by atoms with Crippen molar-refractivity contribution in [1.82, 2.24) is 20.8 Å². The molecule has 1 heterocycles. The van der Waals surface area contributed by atoms with Gasteiger partial charge in [-0.3, -0.25) is 9.59 Å². The first-order valence-electron chi connectivity index (χ1n) is 8.54. The lowest BCUT2D eigenvalue weighted by atomic mass is 10.1. The molecule has 27 heavy (non-hydrogen) atoms. The molecule has 0 aliphatic heterocycles. The first-order chi connectivity index (χ1) is 12.8. The number of aliphatic hydroxyl groups is 1. The van der Waals surface area contributed by atoms with Crippen LogP contribution < -0.4 is 27.8 Å². The number of hydrogen-bond donors (Lipinski definition) is 6. The van der Waals surface area contributed by atoms with Crippen molar-refractivity contribution < 1.29 is 24.0 Å². The Kier molecular flexibility index (Phi) is 9.33. The summed E-state index contributed by atoms with van der Waals surface area (Å²) in [5.74, 6) is -0.988. The molecule has 0 aliphatic carbocycles. The average Bonchev–Trinajstić information content (AvgIpc) is 3.09. The van der Waals surface area contributed by atoms with Gasteiger partial charge < -0.3 is 37.5 Å². The molecule has 0 radical (unpaired) electrons. The van der Waals surface area contributed by atoms with E-state index in [2.05, 4.69) is 20.8 Å². The Morgan fingerprint density at radius 1 is 1.26 bits per heavy atom. The number of urea groups is 1. The summed E-state index contributed by atoms with van der Waals surface area (Å²) in [5, 5.41) is 17.7. The van der Waals surface area contributed by atoms with E-state index in [0.29, 0.717) is 19.4 Å². The fourth-order valence-electron chi connectivity index (χ4n) is 2.25. The Morgan fingerprint density at radius 3 is 2.52 bits per heavy atom. The van der Waals surface area contributed by atoms with E-state index in [0.717, 1.165) is 6.42 Å². The molecule has 0 saturated carbocycles. The maximum atomic E-state index is 12.2. The van der Waals surface area contributed by atoms with Crippen molar-refractivity contribution in [2.24, 2.45) is 17.2 Å². The summed E-state index contributed by atoms with van der Waals surface area (Å²) in [4.78, 5) is 39.2. The first kappa shape index (κ1) is 22.5. The van der Waals surface area contributed by atoms with Crippen LogP contribution in [0.25, 0.3) is 0 Å². The van der Waals surface area contributed by atoms with Crippen molar-refractivity contribution >= 4 is 17.7 Å². The molecule has 0 saturated heterocycles. The summed E-state index contributed by atoms with van der Waals surface area (Å²) in [7, 11) is 0. The molecule has 0 fully saturated rings. The highest BCUT2D eigenvalue weighted by Gasteiger charge is 2.26. The maximum absolute atomic E-state index is 12.2. The summed E-state index contributed by atoms with van der Waals surface area (Å²) >= 11 is 0. The number of rotatable bonds is 12. The van der Waals surface area contributed by atoms with Crippen LogP contribution in [0.2, 0.25) is 0 Å². The summed E-state index contributed by atoms with van der Waals surface area (Å²) < 4.78 is 5.00. The van der Waals surface area contributed by atoms with Gasteiger partial charge >= 0.3 is 6.03 Å². The lowest BCUT2D eigenvalue weighted by Gasteiger charge is -2.19. The van der Waals surface area contributed by atoms with Crippen molar-refractivity contribution in [3.8, 4) is 0 Å². The number of Topliss-reactive ketones (excluding diaryl/α,β-unsaturated/α-hetero) is 1. The number of nitrogens with zero attached hydrogens (tertiary/aromatic N) is 2. The number of ketones is 1.